The molecule has 0 saturated carbocycles. The van der Waals surface area contributed by atoms with Crippen molar-refractivity contribution < 1.29 is 19.1 Å². The molecule has 1 aromatic rings. The van der Waals surface area contributed by atoms with Crippen LogP contribution in [0.4, 0.5) is 0 Å². The number of hydrogen-bond acceptors (Lipinski definition) is 4. The third-order valence-electron chi connectivity index (χ3n) is 4.59. The van der Waals surface area contributed by atoms with E-state index >= 15 is 0 Å². The van der Waals surface area contributed by atoms with Crippen LogP contribution in [0.1, 0.15) is 83.6 Å². The van der Waals surface area contributed by atoms with E-state index in [2.05, 4.69) is 13.0 Å². The van der Waals surface area contributed by atoms with Crippen molar-refractivity contribution in [3.63, 3.8) is 0 Å². The molecule has 0 fully saturated rings. The molecule has 0 amide bonds. The van der Waals surface area contributed by atoms with Crippen LogP contribution in [-0.2, 0) is 20.7 Å². The maximum atomic E-state index is 11.9. The average molecular weight is 389 g/mol. The van der Waals surface area contributed by atoms with Gasteiger partial charge in [-0.25, -0.2) is 0 Å². The second kappa shape index (κ2) is 15.9. The summed E-state index contributed by atoms with van der Waals surface area (Å²) in [5.74, 6) is -0.217. The fourth-order valence-corrected chi connectivity index (χ4v) is 2.89. The van der Waals surface area contributed by atoms with E-state index in [1.165, 1.54) is 44.9 Å². The molecule has 0 atom stereocenters. The van der Waals surface area contributed by atoms with Gasteiger partial charge in [0.25, 0.3) is 0 Å². The number of unbranched alkanes of at least 4 members (excludes halogenated alkanes) is 7. The summed E-state index contributed by atoms with van der Waals surface area (Å²) in [6.07, 6.45) is 14.9. The van der Waals surface area contributed by atoms with Crippen LogP contribution in [0.3, 0.4) is 0 Å². The topological polar surface area (TPSA) is 52.6 Å². The maximum Gasteiger partial charge on any atom is 0.311 e. The minimum absolute atomic E-state index is 0.0264. The van der Waals surface area contributed by atoms with Crippen molar-refractivity contribution in [1.82, 2.24) is 0 Å². The summed E-state index contributed by atoms with van der Waals surface area (Å²) >= 11 is 0. The van der Waals surface area contributed by atoms with E-state index in [4.69, 9.17) is 9.47 Å². The fraction of sp³-hybridized carbons (Fsp3) is 0.583. The van der Waals surface area contributed by atoms with Gasteiger partial charge in [0.05, 0.1) is 12.8 Å². The molecule has 0 radical (unpaired) electrons. The normalized spacial score (nSPS) is 10.9. The van der Waals surface area contributed by atoms with Crippen molar-refractivity contribution in [3.05, 3.63) is 42.0 Å². The molecule has 0 aliphatic rings. The first kappa shape index (κ1) is 23.9. The van der Waals surface area contributed by atoms with E-state index < -0.39 is 5.97 Å². The second-order valence-corrected chi connectivity index (χ2v) is 7.00. The van der Waals surface area contributed by atoms with Crippen molar-refractivity contribution in [1.29, 1.82) is 0 Å². The third-order valence-corrected chi connectivity index (χ3v) is 4.59. The zero-order chi connectivity index (χ0) is 20.5. The molecule has 0 aliphatic heterocycles. The molecule has 4 nitrogen and oxygen atoms in total. The standard InChI is InChI=1S/C24H36O4/c1-3-5-6-7-8-9-10-11-12-15-20-27-23(25)18-19-24(26)28-22-17-14-13-16-21(22)4-2/h12-17H,3-11,18-20H2,1-2H3/b15-12+. The zero-order valence-electron chi connectivity index (χ0n) is 17.6. The van der Waals surface area contributed by atoms with Gasteiger partial charge in [0.1, 0.15) is 12.4 Å². The van der Waals surface area contributed by atoms with Gasteiger partial charge in [0.2, 0.25) is 0 Å². The summed E-state index contributed by atoms with van der Waals surface area (Å²) in [4.78, 5) is 23.6. The van der Waals surface area contributed by atoms with Crippen LogP contribution in [0.15, 0.2) is 36.4 Å². The van der Waals surface area contributed by atoms with Crippen molar-refractivity contribution in [2.24, 2.45) is 0 Å². The summed E-state index contributed by atoms with van der Waals surface area (Å²) in [5.41, 5.74) is 0.976. The lowest BCUT2D eigenvalue weighted by atomic mass is 10.1. The van der Waals surface area contributed by atoms with Crippen LogP contribution in [0.25, 0.3) is 0 Å². The summed E-state index contributed by atoms with van der Waals surface area (Å²) in [6.45, 7) is 4.50. The van der Waals surface area contributed by atoms with Crippen LogP contribution in [0, 0.1) is 0 Å². The molecule has 0 bridgehead atoms. The van der Waals surface area contributed by atoms with E-state index in [1.807, 2.05) is 31.2 Å². The lowest BCUT2D eigenvalue weighted by Crippen LogP contribution is -2.13. The number of esters is 2. The monoisotopic (exact) mass is 388 g/mol. The number of carbonyl (C=O) groups excluding carboxylic acids is 2. The van der Waals surface area contributed by atoms with Gasteiger partial charge in [-0.05, 0) is 30.9 Å². The molecule has 0 saturated heterocycles. The van der Waals surface area contributed by atoms with Gasteiger partial charge in [-0.3, -0.25) is 9.59 Å². The summed E-state index contributed by atoms with van der Waals surface area (Å²) in [7, 11) is 0. The first-order valence-electron chi connectivity index (χ1n) is 10.8. The Hall–Kier alpha value is -2.10. The molecular formula is C24H36O4. The largest absolute Gasteiger partial charge is 0.461 e. The average Bonchev–Trinajstić information content (AvgIpc) is 2.71. The summed E-state index contributed by atoms with van der Waals surface area (Å²) in [5, 5.41) is 0. The number of ether oxygens (including phenoxy) is 2. The highest BCUT2D eigenvalue weighted by molar-refractivity contribution is 5.79. The Kier molecular flexibility index (Phi) is 13.6. The zero-order valence-corrected chi connectivity index (χ0v) is 17.6. The van der Waals surface area contributed by atoms with E-state index in [9.17, 15) is 9.59 Å². The molecule has 0 heterocycles. The first-order chi connectivity index (χ1) is 13.7. The molecule has 1 aromatic carbocycles. The minimum atomic E-state index is -0.410. The SMILES string of the molecule is CCCCCCCCC/C=C/COC(=O)CCC(=O)Oc1ccccc1CC. The predicted molar refractivity (Wildman–Crippen MR) is 113 cm³/mol. The second-order valence-electron chi connectivity index (χ2n) is 7.00. The van der Waals surface area contributed by atoms with Crippen molar-refractivity contribution in [2.45, 2.75) is 84.5 Å². The summed E-state index contributed by atoms with van der Waals surface area (Å²) in [6, 6.07) is 7.43. The van der Waals surface area contributed by atoms with E-state index in [0.29, 0.717) is 5.75 Å². The van der Waals surface area contributed by atoms with Gasteiger partial charge < -0.3 is 9.47 Å². The smallest absolute Gasteiger partial charge is 0.311 e. The van der Waals surface area contributed by atoms with E-state index in [1.54, 1.807) is 6.07 Å². The molecule has 156 valence electrons. The minimum Gasteiger partial charge on any atom is -0.461 e. The van der Waals surface area contributed by atoms with Crippen molar-refractivity contribution >= 4 is 11.9 Å². The molecule has 28 heavy (non-hydrogen) atoms. The van der Waals surface area contributed by atoms with Crippen molar-refractivity contribution in [2.75, 3.05) is 6.61 Å². The fourth-order valence-electron chi connectivity index (χ4n) is 2.89. The molecule has 0 aromatic heterocycles. The molecule has 0 aliphatic carbocycles. The lowest BCUT2D eigenvalue weighted by molar-refractivity contribution is -0.146. The van der Waals surface area contributed by atoms with Gasteiger partial charge in [-0.15, -0.1) is 0 Å². The van der Waals surface area contributed by atoms with Crippen LogP contribution >= 0.6 is 0 Å². The Balaban J connectivity index is 2.06. The predicted octanol–water partition coefficient (Wildman–Crippen LogP) is 6.17. The number of carbonyl (C=O) groups is 2. The number of para-hydroxylation sites is 1. The van der Waals surface area contributed by atoms with E-state index in [-0.39, 0.29) is 25.4 Å². The Morgan fingerprint density at radius 3 is 2.29 bits per heavy atom. The third kappa shape index (κ3) is 11.6. The Labute approximate surface area is 170 Å². The summed E-state index contributed by atoms with van der Waals surface area (Å²) < 4.78 is 10.5. The van der Waals surface area contributed by atoms with Crippen LogP contribution in [0.2, 0.25) is 0 Å². The molecule has 0 unspecified atom stereocenters. The van der Waals surface area contributed by atoms with Gasteiger partial charge in [0, 0.05) is 0 Å². The quantitative estimate of drug-likeness (QED) is 0.156. The highest BCUT2D eigenvalue weighted by Gasteiger charge is 2.11. The molecular weight excluding hydrogens is 352 g/mol. The Bertz CT molecular complexity index is 592. The molecule has 4 heteroatoms. The number of benzene rings is 1. The number of hydrogen-bond donors (Lipinski definition) is 0. The van der Waals surface area contributed by atoms with Gasteiger partial charge >= 0.3 is 11.9 Å². The molecule has 1 rings (SSSR count). The number of allylic oxidation sites excluding steroid dienone is 1. The molecule has 0 spiro atoms. The van der Waals surface area contributed by atoms with E-state index in [0.717, 1.165) is 18.4 Å². The van der Waals surface area contributed by atoms with Crippen molar-refractivity contribution in [3.8, 4) is 5.75 Å². The van der Waals surface area contributed by atoms with Crippen LogP contribution in [0.5, 0.6) is 5.75 Å². The highest BCUT2D eigenvalue weighted by atomic mass is 16.5. The lowest BCUT2D eigenvalue weighted by Gasteiger charge is -2.08. The van der Waals surface area contributed by atoms with Crippen LogP contribution < -0.4 is 4.74 Å². The molecule has 0 N–H and O–H groups in total. The Morgan fingerprint density at radius 1 is 0.857 bits per heavy atom. The van der Waals surface area contributed by atoms with Gasteiger partial charge in [-0.2, -0.15) is 0 Å². The maximum absolute atomic E-state index is 11.9. The number of aryl methyl sites for hydroxylation is 1. The highest BCUT2D eigenvalue weighted by Crippen LogP contribution is 2.19. The van der Waals surface area contributed by atoms with Gasteiger partial charge in [-0.1, -0.05) is 82.7 Å². The van der Waals surface area contributed by atoms with Crippen LogP contribution in [-0.4, -0.2) is 18.5 Å². The Morgan fingerprint density at radius 2 is 1.54 bits per heavy atom. The van der Waals surface area contributed by atoms with Gasteiger partial charge in [0.15, 0.2) is 0 Å². The first-order valence-corrected chi connectivity index (χ1v) is 10.8. The number of rotatable bonds is 15.